The van der Waals surface area contributed by atoms with E-state index in [0.29, 0.717) is 0 Å². The van der Waals surface area contributed by atoms with E-state index in [9.17, 15) is 0 Å². The van der Waals surface area contributed by atoms with Crippen LogP contribution in [0.4, 0.5) is 0 Å². The van der Waals surface area contributed by atoms with Gasteiger partial charge in [-0.25, -0.2) is 0 Å². The Morgan fingerprint density at radius 2 is 2.57 bits per heavy atom. The van der Waals surface area contributed by atoms with Gasteiger partial charge in [0.25, 0.3) is 0 Å². The van der Waals surface area contributed by atoms with Crippen LogP contribution in [-0.4, -0.2) is 23.4 Å². The number of hydroxylamine groups is 1. The van der Waals surface area contributed by atoms with Gasteiger partial charge in [-0.2, -0.15) is 0 Å². The Morgan fingerprint density at radius 1 is 1.71 bits per heavy atom. The van der Waals surface area contributed by atoms with Gasteiger partial charge in [0.1, 0.15) is 0 Å². The van der Waals surface area contributed by atoms with Gasteiger partial charge in [-0.15, -0.1) is 0 Å². The van der Waals surface area contributed by atoms with Crippen molar-refractivity contribution in [2.24, 2.45) is 0 Å². The molecule has 0 atom stereocenters. The molecule has 1 aliphatic heterocycles. The SMILES string of the molecule is ON1C=CC=BN1. The van der Waals surface area contributed by atoms with Gasteiger partial charge in [0.05, 0.1) is 0 Å². The molecule has 3 nitrogen and oxygen atoms in total. The van der Waals surface area contributed by atoms with Gasteiger partial charge in [0, 0.05) is 0 Å². The molecule has 1 rings (SSSR count). The number of rotatable bonds is 0. The van der Waals surface area contributed by atoms with Gasteiger partial charge < -0.3 is 0 Å². The third-order valence-corrected chi connectivity index (χ3v) is 0.641. The Labute approximate surface area is 42.1 Å². The summed E-state index contributed by atoms with van der Waals surface area (Å²) in [6, 6.07) is 0. The van der Waals surface area contributed by atoms with E-state index in [0.717, 1.165) is 5.17 Å². The van der Waals surface area contributed by atoms with E-state index in [4.69, 9.17) is 5.21 Å². The first-order valence-corrected chi connectivity index (χ1v) is 1.97. The Hall–Kier alpha value is -0.765. The van der Waals surface area contributed by atoms with Crippen LogP contribution in [0.1, 0.15) is 0 Å². The second-order valence-corrected chi connectivity index (χ2v) is 1.17. The van der Waals surface area contributed by atoms with E-state index >= 15 is 0 Å². The van der Waals surface area contributed by atoms with Crippen molar-refractivity contribution in [3.05, 3.63) is 12.3 Å². The molecule has 0 saturated carbocycles. The summed E-state index contributed by atoms with van der Waals surface area (Å²) in [7, 11) is 1.62. The molecule has 0 amide bonds. The Bertz CT molecular complexity index is 112. The molecule has 0 aliphatic carbocycles. The van der Waals surface area contributed by atoms with Crippen molar-refractivity contribution in [2.75, 3.05) is 0 Å². The number of nitrogens with zero attached hydrogens (tertiary/aromatic N) is 1. The van der Waals surface area contributed by atoms with Gasteiger partial charge in [-0.1, -0.05) is 0 Å². The molecule has 4 heteroatoms. The molecule has 0 aromatic carbocycles. The summed E-state index contributed by atoms with van der Waals surface area (Å²) < 4.78 is 0. The molecule has 0 fully saturated rings. The van der Waals surface area contributed by atoms with E-state index < -0.39 is 0 Å². The predicted octanol–water partition coefficient (Wildman–Crippen LogP) is -0.869. The van der Waals surface area contributed by atoms with E-state index in [1.165, 1.54) is 6.20 Å². The third-order valence-electron chi connectivity index (χ3n) is 0.641. The fourth-order valence-corrected chi connectivity index (χ4v) is 0.349. The molecular formula is C3H5BN2O. The molecule has 36 valence electrons. The normalized spacial score (nSPS) is 15.9. The van der Waals surface area contributed by atoms with E-state index in [1.54, 1.807) is 19.1 Å². The minimum absolute atomic E-state index is 0.875. The zero-order chi connectivity index (χ0) is 5.11. The summed E-state index contributed by atoms with van der Waals surface area (Å²) in [4.78, 5) is 0. The minimum atomic E-state index is 0.875. The molecule has 0 aromatic heterocycles. The van der Waals surface area contributed by atoms with E-state index in [2.05, 4.69) is 5.34 Å². The maximum atomic E-state index is 8.49. The summed E-state index contributed by atoms with van der Waals surface area (Å²) in [5.41, 5.74) is 0. The van der Waals surface area contributed by atoms with Gasteiger partial charge in [-0.05, 0) is 0 Å². The second-order valence-electron chi connectivity index (χ2n) is 1.17. The molecule has 7 heavy (non-hydrogen) atoms. The van der Waals surface area contributed by atoms with Crippen molar-refractivity contribution < 1.29 is 5.21 Å². The average molecular weight is 95.9 g/mol. The first-order chi connectivity index (χ1) is 3.39. The second kappa shape index (κ2) is 1.79. The first-order valence-electron chi connectivity index (χ1n) is 1.97. The first kappa shape index (κ1) is 4.40. The molecular weight excluding hydrogens is 90.9 g/mol. The Balaban J connectivity index is 2.49. The van der Waals surface area contributed by atoms with Crippen LogP contribution in [0.15, 0.2) is 12.3 Å². The van der Waals surface area contributed by atoms with Gasteiger partial charge in [0.15, 0.2) is 0 Å². The summed E-state index contributed by atoms with van der Waals surface area (Å²) >= 11 is 0. The van der Waals surface area contributed by atoms with Crippen molar-refractivity contribution in [3.8, 4) is 0 Å². The number of hydrogen-bond acceptors (Lipinski definition) is 3. The zero-order valence-electron chi connectivity index (χ0n) is 3.70. The molecule has 0 unspecified atom stereocenters. The third kappa shape index (κ3) is 1.05. The number of allylic oxidation sites excluding steroid dienone is 1. The van der Waals surface area contributed by atoms with Crippen LogP contribution in [0, 0.1) is 0 Å². The fourth-order valence-electron chi connectivity index (χ4n) is 0.349. The van der Waals surface area contributed by atoms with Crippen molar-refractivity contribution in [3.63, 3.8) is 0 Å². The molecule has 1 heterocycles. The summed E-state index contributed by atoms with van der Waals surface area (Å²) in [6.07, 6.45) is 3.22. The van der Waals surface area contributed by atoms with Crippen LogP contribution in [-0.2, 0) is 0 Å². The van der Waals surface area contributed by atoms with Crippen LogP contribution in [0.5, 0.6) is 0 Å². The number of hydrogen-bond donors (Lipinski definition) is 2. The summed E-state index contributed by atoms with van der Waals surface area (Å²) in [5, 5.41) is 11.9. The van der Waals surface area contributed by atoms with Crippen molar-refractivity contribution in [1.82, 2.24) is 10.5 Å². The van der Waals surface area contributed by atoms with Gasteiger partial charge in [-0.3, -0.25) is 0 Å². The Morgan fingerprint density at radius 3 is 2.86 bits per heavy atom. The van der Waals surface area contributed by atoms with Crippen molar-refractivity contribution in [2.45, 2.75) is 0 Å². The molecule has 0 bridgehead atoms. The molecule has 0 saturated heterocycles. The molecule has 1 aliphatic rings. The van der Waals surface area contributed by atoms with Crippen LogP contribution in [0.25, 0.3) is 0 Å². The van der Waals surface area contributed by atoms with Crippen molar-refractivity contribution in [1.29, 1.82) is 0 Å². The molecule has 0 aromatic rings. The summed E-state index contributed by atoms with van der Waals surface area (Å²) in [6.45, 7) is 0. The quantitative estimate of drug-likeness (QED) is 0.385. The zero-order valence-corrected chi connectivity index (χ0v) is 3.70. The standard InChI is InChI=1S/C3H5BN2O/c7-6-3-1-2-4-5-6/h1-3,5,7H. The van der Waals surface area contributed by atoms with Crippen LogP contribution >= 0.6 is 0 Å². The summed E-state index contributed by atoms with van der Waals surface area (Å²) in [5.74, 6) is 1.78. The predicted molar refractivity (Wildman–Crippen MR) is 27.7 cm³/mol. The van der Waals surface area contributed by atoms with Crippen LogP contribution < -0.4 is 5.34 Å². The number of hydrazine groups is 1. The molecule has 2 N–H and O–H groups in total. The fraction of sp³-hybridized carbons (Fsp3) is 0. The van der Waals surface area contributed by atoms with E-state index in [1.807, 2.05) is 0 Å². The molecule has 0 spiro atoms. The van der Waals surface area contributed by atoms with Crippen LogP contribution in [0.2, 0.25) is 0 Å². The van der Waals surface area contributed by atoms with Gasteiger partial charge in [0.2, 0.25) is 0 Å². The Kier molecular flexibility index (Phi) is 1.13. The van der Waals surface area contributed by atoms with E-state index in [-0.39, 0.29) is 0 Å². The van der Waals surface area contributed by atoms with Crippen molar-refractivity contribution >= 4 is 13.0 Å². The topological polar surface area (TPSA) is 35.5 Å². The van der Waals surface area contributed by atoms with Crippen LogP contribution in [0.3, 0.4) is 0 Å². The maximum absolute atomic E-state index is 8.49. The number of nitrogens with one attached hydrogen (secondary N) is 1. The average Bonchev–Trinajstić information content (AvgIpc) is 1.69. The molecule has 0 radical (unpaired) electrons. The van der Waals surface area contributed by atoms with Gasteiger partial charge >= 0.3 is 41.0 Å². The monoisotopic (exact) mass is 96.0 g/mol.